The standard InChI is InChI=1S/C26H28N4O4.C22H27N3O3.2C17H25N3O3.2CH2O/c1-34-22-9-7-21(8-10-22)29-25(33)30-13-11-26(12-14-30,20-5-3-2-4-6-20)15-24-27-16-19(17-28-24)23(32)18-31;1-16(2)22(12-20-23-13-18(14-24-20)19(27)15-26)8-10-25(11-9-22)21(28)17-6-4-3-5-7-17;2*1-12(2)17(4-6-20(7-5-17)13(3)22)8-16-18-9-14(10-19-16)15(23)11-21;2*1-2/h2-10,16-17,31H,11-15,18H2,1H3,(H,29,33);3-7,13-14,16,26H,8-12,15H2,1-2H3;2*9-10,12,21H,4-8,11H2,1-3H3;2*1H2. The van der Waals surface area contributed by atoms with Crippen molar-refractivity contribution in [2.45, 2.75) is 138 Å². The first-order chi connectivity index (χ1) is 53.7. The van der Waals surface area contributed by atoms with Gasteiger partial charge in [-0.1, -0.05) is 90.1 Å². The first-order valence-corrected chi connectivity index (χ1v) is 37.7. The van der Waals surface area contributed by atoms with E-state index in [1.165, 1.54) is 55.1 Å². The number of piperidine rings is 4. The monoisotopic (exact) mass is 1540 g/mol. The molecule has 28 heteroatoms. The number of aromatic nitrogens is 8. The maximum Gasteiger partial charge on any atom is 0.321 e. The summed E-state index contributed by atoms with van der Waals surface area (Å²) >= 11 is 0. The third kappa shape index (κ3) is 24.7. The van der Waals surface area contributed by atoms with E-state index in [9.17, 15) is 38.4 Å². The number of carbonyl (C=O) groups excluding carboxylic acids is 10. The number of methoxy groups -OCH3 is 1. The highest BCUT2D eigenvalue weighted by molar-refractivity contribution is 5.98. The number of ketones is 4. The van der Waals surface area contributed by atoms with Crippen molar-refractivity contribution >= 4 is 66.2 Å². The van der Waals surface area contributed by atoms with Crippen LogP contribution >= 0.6 is 0 Å². The summed E-state index contributed by atoms with van der Waals surface area (Å²) in [5, 5.41) is 38.7. The van der Waals surface area contributed by atoms with Crippen molar-refractivity contribution in [3.8, 4) is 5.75 Å². The molecule has 4 aliphatic rings. The molecule has 5 amide bonds. The molecular formula is C84H109N13O15. The Labute approximate surface area is 655 Å². The number of urea groups is 1. The number of aliphatic hydroxyl groups excluding tert-OH is 4. The summed E-state index contributed by atoms with van der Waals surface area (Å²) in [5.41, 5.74) is 3.88. The maximum absolute atomic E-state index is 12.9. The van der Waals surface area contributed by atoms with Gasteiger partial charge in [-0.15, -0.1) is 0 Å². The number of carbonyl (C=O) groups is 10. The molecule has 4 aromatic heterocycles. The number of ether oxygens (including phenoxy) is 1. The molecule has 0 radical (unpaired) electrons. The van der Waals surface area contributed by atoms with Crippen molar-refractivity contribution in [1.82, 2.24) is 59.5 Å². The van der Waals surface area contributed by atoms with Gasteiger partial charge < -0.3 is 59.7 Å². The SMILES string of the molecule is C=O.C=O.CC(=O)N1CCC(Cc2ncc(C(=O)CO)cn2)(C(C)C)CC1.CC(=O)N1CCC(Cc2ncc(C(=O)CO)cn2)(C(C)C)CC1.CC(C)C1(Cc2ncc(C(=O)CO)cn2)CCN(C(=O)c2ccccc2)CC1.COc1ccc(NC(=O)N2CCC(Cc3ncc(C(=O)CO)cn3)(c3ccccc3)CC2)cc1. The Morgan fingerprint density at radius 2 is 0.679 bits per heavy atom. The van der Waals surface area contributed by atoms with E-state index in [4.69, 9.17) is 34.8 Å². The Morgan fingerprint density at radius 1 is 0.393 bits per heavy atom. The molecule has 3 aromatic carbocycles. The summed E-state index contributed by atoms with van der Waals surface area (Å²) in [6.07, 6.45) is 21.7. The number of aliphatic hydroxyl groups is 4. The largest absolute Gasteiger partial charge is 0.497 e. The van der Waals surface area contributed by atoms with Crippen LogP contribution in [0, 0.1) is 34.0 Å². The summed E-state index contributed by atoms with van der Waals surface area (Å²) in [6.45, 7) is 24.0. The lowest BCUT2D eigenvalue weighted by Gasteiger charge is -2.44. The van der Waals surface area contributed by atoms with Crippen molar-refractivity contribution in [3.63, 3.8) is 0 Å². The summed E-state index contributed by atoms with van der Waals surface area (Å²) in [6, 6.07) is 26.8. The number of amides is 5. The number of rotatable bonds is 23. The van der Waals surface area contributed by atoms with Gasteiger partial charge in [0.25, 0.3) is 5.91 Å². The fourth-order valence-electron chi connectivity index (χ4n) is 14.7. The molecular weight excluding hydrogens is 1430 g/mol. The molecule has 4 fully saturated rings. The van der Waals surface area contributed by atoms with Crippen LogP contribution in [0.4, 0.5) is 10.5 Å². The van der Waals surface area contributed by atoms with Crippen molar-refractivity contribution in [3.05, 3.63) is 191 Å². The average Bonchev–Trinajstić information content (AvgIpc) is 0.756. The smallest absolute Gasteiger partial charge is 0.321 e. The number of hydrogen-bond donors (Lipinski definition) is 5. The second kappa shape index (κ2) is 43.8. The van der Waals surface area contributed by atoms with Crippen LogP contribution in [0.3, 0.4) is 0 Å². The Hall–Kier alpha value is -10.7. The molecule has 0 unspecified atom stereocenters. The molecule has 0 aliphatic carbocycles. The van der Waals surface area contributed by atoms with Gasteiger partial charge in [-0.3, -0.25) is 33.6 Å². The average molecular weight is 1540 g/mol. The van der Waals surface area contributed by atoms with Gasteiger partial charge >= 0.3 is 6.03 Å². The summed E-state index contributed by atoms with van der Waals surface area (Å²) in [7, 11) is 1.61. The lowest BCUT2D eigenvalue weighted by molar-refractivity contribution is -0.132. The second-order valence-corrected chi connectivity index (χ2v) is 29.6. The molecule has 8 heterocycles. The lowest BCUT2D eigenvalue weighted by Crippen LogP contribution is -2.47. The zero-order valence-electron chi connectivity index (χ0n) is 66.0. The fourth-order valence-corrected chi connectivity index (χ4v) is 14.7. The van der Waals surface area contributed by atoms with Gasteiger partial charge in [0.15, 0.2) is 23.1 Å². The van der Waals surface area contributed by atoms with Crippen molar-refractivity contribution < 1.29 is 73.1 Å². The minimum atomic E-state index is -0.564. The molecule has 600 valence electrons. The van der Waals surface area contributed by atoms with Crippen LogP contribution < -0.4 is 10.1 Å². The quantitative estimate of drug-likeness (QED) is 0.0373. The van der Waals surface area contributed by atoms with Crippen LogP contribution in [0.15, 0.2) is 135 Å². The van der Waals surface area contributed by atoms with Gasteiger partial charge in [-0.05, 0) is 127 Å². The van der Waals surface area contributed by atoms with Crippen LogP contribution in [-0.2, 0) is 50.3 Å². The normalized spacial score (nSPS) is 15.8. The Morgan fingerprint density at radius 3 is 0.964 bits per heavy atom. The topological polar surface area (TPSA) is 389 Å². The first kappa shape index (κ1) is 90.2. The van der Waals surface area contributed by atoms with Gasteiger partial charge in [0, 0.05) is 158 Å². The molecule has 4 saturated heterocycles. The summed E-state index contributed by atoms with van der Waals surface area (Å²) < 4.78 is 5.17. The van der Waals surface area contributed by atoms with E-state index in [1.807, 2.05) is 106 Å². The summed E-state index contributed by atoms with van der Waals surface area (Å²) in [5.74, 6) is 3.65. The van der Waals surface area contributed by atoms with E-state index < -0.39 is 32.2 Å². The number of benzene rings is 3. The highest BCUT2D eigenvalue weighted by atomic mass is 16.5. The molecule has 11 rings (SSSR count). The molecule has 0 bridgehead atoms. The van der Waals surface area contributed by atoms with Crippen LogP contribution in [0.25, 0.3) is 0 Å². The van der Waals surface area contributed by atoms with E-state index in [-0.39, 0.29) is 62.8 Å². The van der Waals surface area contributed by atoms with Gasteiger partial charge in [-0.2, -0.15) is 0 Å². The van der Waals surface area contributed by atoms with Crippen LogP contribution in [0.1, 0.15) is 187 Å². The third-order valence-corrected chi connectivity index (χ3v) is 22.6. The third-order valence-electron chi connectivity index (χ3n) is 22.6. The van der Waals surface area contributed by atoms with Crippen LogP contribution in [-0.4, -0.2) is 226 Å². The predicted molar refractivity (Wildman–Crippen MR) is 420 cm³/mol. The van der Waals surface area contributed by atoms with E-state index in [2.05, 4.69) is 98.9 Å². The maximum atomic E-state index is 12.9. The minimum absolute atomic E-state index is 0.0238. The number of anilines is 1. The minimum Gasteiger partial charge on any atom is -0.497 e. The molecule has 0 spiro atoms. The zero-order chi connectivity index (χ0) is 82.2. The number of nitrogens with zero attached hydrogens (tertiary/aromatic N) is 12. The van der Waals surface area contributed by atoms with Crippen molar-refractivity contribution in [2.24, 2.45) is 34.0 Å². The number of Topliss-reactive ketones (excluding diaryl/α,β-unsaturated/α-hetero) is 4. The van der Waals surface area contributed by atoms with Crippen molar-refractivity contribution in [1.29, 1.82) is 0 Å². The molecule has 112 heavy (non-hydrogen) atoms. The van der Waals surface area contributed by atoms with Gasteiger partial charge in [0.2, 0.25) is 11.8 Å². The first-order valence-electron chi connectivity index (χ1n) is 37.7. The zero-order valence-corrected chi connectivity index (χ0v) is 66.0. The molecule has 7 aromatic rings. The van der Waals surface area contributed by atoms with Crippen molar-refractivity contribution in [2.75, 3.05) is 91.2 Å². The van der Waals surface area contributed by atoms with Gasteiger partial charge in [0.1, 0.15) is 69.1 Å². The van der Waals surface area contributed by atoms with Gasteiger partial charge in [-0.25, -0.2) is 44.7 Å². The highest BCUT2D eigenvalue weighted by Crippen LogP contribution is 2.45. The summed E-state index contributed by atoms with van der Waals surface area (Å²) in [4.78, 5) is 153. The van der Waals surface area contributed by atoms with E-state index in [0.29, 0.717) is 102 Å². The Kier molecular flexibility index (Phi) is 35.3. The molecule has 0 atom stereocenters. The predicted octanol–water partition coefficient (Wildman–Crippen LogP) is 8.83. The molecule has 28 nitrogen and oxygen atoms in total. The lowest BCUT2D eigenvalue weighted by atomic mass is 9.67. The second-order valence-electron chi connectivity index (χ2n) is 29.6. The van der Waals surface area contributed by atoms with Crippen LogP contribution in [0.2, 0.25) is 0 Å². The Bertz CT molecular complexity index is 4020. The Balaban J connectivity index is 0.000000232. The molecule has 4 aliphatic heterocycles. The number of hydrogen-bond acceptors (Lipinski definition) is 23. The number of nitrogens with one attached hydrogen (secondary N) is 1. The highest BCUT2D eigenvalue weighted by Gasteiger charge is 2.43. The molecule has 0 saturated carbocycles. The fraction of sp³-hybridized carbons (Fsp3) is 0.476. The van der Waals surface area contributed by atoms with Gasteiger partial charge in [0.05, 0.1) is 29.4 Å². The molecule has 5 N–H and O–H groups in total. The van der Waals surface area contributed by atoms with Crippen LogP contribution in [0.5, 0.6) is 5.75 Å². The number of likely N-dealkylation sites (tertiary alicyclic amines) is 4. The van der Waals surface area contributed by atoms with E-state index >= 15 is 0 Å². The van der Waals surface area contributed by atoms with E-state index in [0.717, 1.165) is 107 Å². The van der Waals surface area contributed by atoms with E-state index in [1.54, 1.807) is 21.0 Å².